The van der Waals surface area contributed by atoms with E-state index in [2.05, 4.69) is 47.2 Å². The third-order valence-electron chi connectivity index (χ3n) is 5.27. The number of halogens is 1. The molecule has 1 aliphatic carbocycles. The lowest BCUT2D eigenvalue weighted by Crippen LogP contribution is -2.37. The van der Waals surface area contributed by atoms with Crippen molar-refractivity contribution in [3.05, 3.63) is 58.1 Å². The summed E-state index contributed by atoms with van der Waals surface area (Å²) in [6, 6.07) is 14.1. The molecule has 0 aromatic heterocycles. The van der Waals surface area contributed by atoms with Gasteiger partial charge >= 0.3 is 0 Å². The predicted molar refractivity (Wildman–Crippen MR) is 111 cm³/mol. The van der Waals surface area contributed by atoms with Crippen molar-refractivity contribution in [1.29, 1.82) is 0 Å². The van der Waals surface area contributed by atoms with Gasteiger partial charge in [0.05, 0.1) is 14.2 Å². The zero-order valence-electron chi connectivity index (χ0n) is 16.2. The first-order valence-electron chi connectivity index (χ1n) is 9.11. The quantitative estimate of drug-likeness (QED) is 0.692. The third kappa shape index (κ3) is 4.46. The molecule has 2 aromatic carbocycles. The summed E-state index contributed by atoms with van der Waals surface area (Å²) in [7, 11) is 3.26. The second-order valence-electron chi connectivity index (χ2n) is 7.68. The number of benzene rings is 2. The number of methoxy groups -OCH3 is 2. The van der Waals surface area contributed by atoms with Gasteiger partial charge in [-0.15, -0.1) is 0 Å². The molecule has 1 aliphatic rings. The van der Waals surface area contributed by atoms with E-state index < -0.39 is 0 Å². The monoisotopic (exact) mass is 431 g/mol. The van der Waals surface area contributed by atoms with E-state index in [0.717, 1.165) is 16.5 Å². The molecule has 1 amide bonds. The normalized spacial score (nSPS) is 18.7. The molecule has 0 spiro atoms. The highest BCUT2D eigenvalue weighted by molar-refractivity contribution is 9.10. The second kappa shape index (κ2) is 7.93. The van der Waals surface area contributed by atoms with Gasteiger partial charge in [0.1, 0.15) is 0 Å². The first-order chi connectivity index (χ1) is 12.9. The van der Waals surface area contributed by atoms with E-state index in [1.54, 1.807) is 14.2 Å². The minimum Gasteiger partial charge on any atom is -0.493 e. The number of ether oxygens (including phenoxy) is 2. The van der Waals surface area contributed by atoms with Crippen LogP contribution < -0.4 is 14.8 Å². The van der Waals surface area contributed by atoms with Crippen molar-refractivity contribution in [2.75, 3.05) is 20.8 Å². The Morgan fingerprint density at radius 3 is 2.56 bits per heavy atom. The first-order valence-corrected chi connectivity index (χ1v) is 9.90. The molecule has 2 atom stereocenters. The maximum absolute atomic E-state index is 12.6. The number of nitrogens with one attached hydrogen (secondary N) is 1. The zero-order valence-corrected chi connectivity index (χ0v) is 17.8. The average molecular weight is 432 g/mol. The Hall–Kier alpha value is -2.01. The van der Waals surface area contributed by atoms with E-state index in [1.807, 2.05) is 30.3 Å². The van der Waals surface area contributed by atoms with Crippen LogP contribution in [0.4, 0.5) is 0 Å². The molecule has 0 saturated heterocycles. The molecule has 1 fully saturated rings. The maximum atomic E-state index is 12.6. The van der Waals surface area contributed by atoms with Crippen molar-refractivity contribution in [3.8, 4) is 11.5 Å². The maximum Gasteiger partial charge on any atom is 0.223 e. The molecule has 144 valence electrons. The van der Waals surface area contributed by atoms with E-state index in [-0.39, 0.29) is 17.2 Å². The minimum absolute atomic E-state index is 0.0699. The SMILES string of the molecule is COc1ccc(C(C)(C)CNC(=O)C2CC2c2cccc(Br)c2)cc1OC. The summed E-state index contributed by atoms with van der Waals surface area (Å²) < 4.78 is 11.8. The van der Waals surface area contributed by atoms with Crippen LogP contribution in [-0.4, -0.2) is 26.7 Å². The number of hydrogen-bond donors (Lipinski definition) is 1. The van der Waals surface area contributed by atoms with Gasteiger partial charge in [-0.1, -0.05) is 48.0 Å². The van der Waals surface area contributed by atoms with Gasteiger partial charge < -0.3 is 14.8 Å². The molecule has 1 N–H and O–H groups in total. The molecule has 0 bridgehead atoms. The van der Waals surface area contributed by atoms with Crippen molar-refractivity contribution in [1.82, 2.24) is 5.32 Å². The summed E-state index contributed by atoms with van der Waals surface area (Å²) in [5.74, 6) is 1.93. The lowest BCUT2D eigenvalue weighted by Gasteiger charge is -2.26. The molecule has 0 heterocycles. The molecule has 3 rings (SSSR count). The topological polar surface area (TPSA) is 47.6 Å². The van der Waals surface area contributed by atoms with Crippen LogP contribution in [0.3, 0.4) is 0 Å². The molecule has 2 unspecified atom stereocenters. The molecule has 1 saturated carbocycles. The molecule has 27 heavy (non-hydrogen) atoms. The summed E-state index contributed by atoms with van der Waals surface area (Å²) >= 11 is 3.50. The Bertz CT molecular complexity index is 834. The van der Waals surface area contributed by atoms with E-state index >= 15 is 0 Å². The first kappa shape index (κ1) is 19.7. The van der Waals surface area contributed by atoms with Crippen LogP contribution in [0.2, 0.25) is 0 Å². The van der Waals surface area contributed by atoms with Crippen LogP contribution >= 0.6 is 15.9 Å². The van der Waals surface area contributed by atoms with Crippen molar-refractivity contribution < 1.29 is 14.3 Å². The highest BCUT2D eigenvalue weighted by atomic mass is 79.9. The standard InChI is InChI=1S/C22H26BrNO3/c1-22(2,15-8-9-19(26-3)20(11-15)27-4)13-24-21(25)18-12-17(18)14-6-5-7-16(23)10-14/h5-11,17-18H,12-13H2,1-4H3,(H,24,25). The average Bonchev–Trinajstić information content (AvgIpc) is 3.46. The van der Waals surface area contributed by atoms with E-state index in [0.29, 0.717) is 24.0 Å². The molecule has 4 nitrogen and oxygen atoms in total. The van der Waals surface area contributed by atoms with Gasteiger partial charge in [0, 0.05) is 22.4 Å². The minimum atomic E-state index is -0.213. The Labute approximate surface area is 169 Å². The summed E-state index contributed by atoms with van der Waals surface area (Å²) in [6.07, 6.45) is 0.916. The van der Waals surface area contributed by atoms with Crippen molar-refractivity contribution in [3.63, 3.8) is 0 Å². The number of hydrogen-bond acceptors (Lipinski definition) is 3. The Kier molecular flexibility index (Phi) is 5.80. The number of carbonyl (C=O) groups excluding carboxylic acids is 1. The number of carbonyl (C=O) groups is 1. The van der Waals surface area contributed by atoms with E-state index in [9.17, 15) is 4.79 Å². The highest BCUT2D eigenvalue weighted by Crippen LogP contribution is 2.48. The summed E-state index contributed by atoms with van der Waals surface area (Å²) in [5.41, 5.74) is 2.11. The highest BCUT2D eigenvalue weighted by Gasteiger charge is 2.44. The van der Waals surface area contributed by atoms with Crippen LogP contribution in [0.15, 0.2) is 46.9 Å². The summed E-state index contributed by atoms with van der Waals surface area (Å²) in [4.78, 5) is 12.6. The predicted octanol–water partition coefficient (Wildman–Crippen LogP) is 4.66. The summed E-state index contributed by atoms with van der Waals surface area (Å²) in [5, 5.41) is 3.14. The van der Waals surface area contributed by atoms with E-state index in [1.165, 1.54) is 5.56 Å². The van der Waals surface area contributed by atoms with Crippen LogP contribution in [0.25, 0.3) is 0 Å². The van der Waals surface area contributed by atoms with Gasteiger partial charge in [-0.3, -0.25) is 4.79 Å². The molecule has 5 heteroatoms. The lowest BCUT2D eigenvalue weighted by atomic mass is 9.84. The summed E-state index contributed by atoms with van der Waals surface area (Å²) in [6.45, 7) is 4.81. The van der Waals surface area contributed by atoms with Crippen LogP contribution in [0.1, 0.15) is 37.3 Å². The van der Waals surface area contributed by atoms with Crippen molar-refractivity contribution in [2.45, 2.75) is 31.6 Å². The Morgan fingerprint density at radius 1 is 1.15 bits per heavy atom. The van der Waals surface area contributed by atoms with Crippen LogP contribution in [0, 0.1) is 5.92 Å². The molecule has 2 aromatic rings. The molecule has 0 aliphatic heterocycles. The number of amides is 1. The van der Waals surface area contributed by atoms with E-state index in [4.69, 9.17) is 9.47 Å². The third-order valence-corrected chi connectivity index (χ3v) is 5.77. The molecule has 0 radical (unpaired) electrons. The van der Waals surface area contributed by atoms with Gasteiger partial charge in [-0.05, 0) is 47.7 Å². The Morgan fingerprint density at radius 2 is 1.89 bits per heavy atom. The van der Waals surface area contributed by atoms with Gasteiger partial charge in [-0.2, -0.15) is 0 Å². The van der Waals surface area contributed by atoms with Crippen molar-refractivity contribution in [2.24, 2.45) is 5.92 Å². The smallest absolute Gasteiger partial charge is 0.223 e. The molecular formula is C22H26BrNO3. The molecular weight excluding hydrogens is 406 g/mol. The van der Waals surface area contributed by atoms with Gasteiger partial charge in [0.2, 0.25) is 5.91 Å². The van der Waals surface area contributed by atoms with Crippen LogP contribution in [-0.2, 0) is 10.2 Å². The fourth-order valence-corrected chi connectivity index (χ4v) is 3.81. The van der Waals surface area contributed by atoms with Gasteiger partial charge in [0.25, 0.3) is 0 Å². The fourth-order valence-electron chi connectivity index (χ4n) is 3.39. The van der Waals surface area contributed by atoms with Gasteiger partial charge in [0.15, 0.2) is 11.5 Å². The lowest BCUT2D eigenvalue weighted by molar-refractivity contribution is -0.122. The Balaban J connectivity index is 1.61. The fraction of sp³-hybridized carbons (Fsp3) is 0.409. The second-order valence-corrected chi connectivity index (χ2v) is 8.59. The van der Waals surface area contributed by atoms with Gasteiger partial charge in [-0.25, -0.2) is 0 Å². The largest absolute Gasteiger partial charge is 0.493 e. The van der Waals surface area contributed by atoms with Crippen molar-refractivity contribution >= 4 is 21.8 Å². The number of rotatable bonds is 7. The zero-order chi connectivity index (χ0) is 19.6. The van der Waals surface area contributed by atoms with Crippen LogP contribution in [0.5, 0.6) is 11.5 Å².